The number of hydrogen-bond acceptors (Lipinski definition) is 5. The first-order valence-corrected chi connectivity index (χ1v) is 7.01. The molecule has 0 aliphatic rings. The molecule has 2 aromatic rings. The Kier molecular flexibility index (Phi) is 5.26. The number of halogens is 3. The van der Waals surface area contributed by atoms with Crippen molar-refractivity contribution in [2.75, 3.05) is 14.1 Å². The molecule has 0 fully saturated rings. The molecule has 1 aromatic carbocycles. The summed E-state index contributed by atoms with van der Waals surface area (Å²) in [4.78, 5) is 25.5. The summed E-state index contributed by atoms with van der Waals surface area (Å²) < 4.78 is 41.9. The second-order valence-corrected chi connectivity index (χ2v) is 5.16. The summed E-state index contributed by atoms with van der Waals surface area (Å²) in [6.07, 6.45) is -0.939. The minimum absolute atomic E-state index is 0.201. The SMILES string of the molecule is CN(C)/C=C/C(=O)c1nn(-c2cccc(OC(F)(F)F)c2)ccc1=O. The zero-order valence-electron chi connectivity index (χ0n) is 13.3. The Labute approximate surface area is 140 Å². The van der Waals surface area contributed by atoms with Gasteiger partial charge < -0.3 is 9.64 Å². The summed E-state index contributed by atoms with van der Waals surface area (Å²) in [6.45, 7) is 0. The number of benzene rings is 1. The third kappa shape index (κ3) is 5.20. The number of rotatable bonds is 5. The van der Waals surface area contributed by atoms with Crippen molar-refractivity contribution in [3.05, 3.63) is 64.7 Å². The molecule has 25 heavy (non-hydrogen) atoms. The molecule has 2 rings (SSSR count). The van der Waals surface area contributed by atoms with Gasteiger partial charge in [0.2, 0.25) is 11.2 Å². The van der Waals surface area contributed by atoms with E-state index < -0.39 is 23.3 Å². The van der Waals surface area contributed by atoms with Crippen LogP contribution in [-0.2, 0) is 0 Å². The highest BCUT2D eigenvalue weighted by atomic mass is 19.4. The largest absolute Gasteiger partial charge is 0.573 e. The number of ketones is 1. The molecule has 0 unspecified atom stereocenters. The highest BCUT2D eigenvalue weighted by molar-refractivity contribution is 6.02. The number of aromatic nitrogens is 2. The first-order chi connectivity index (χ1) is 11.7. The summed E-state index contributed by atoms with van der Waals surface area (Å²) in [7, 11) is 3.40. The Bertz CT molecular complexity index is 857. The lowest BCUT2D eigenvalue weighted by Gasteiger charge is -2.11. The van der Waals surface area contributed by atoms with Crippen LogP contribution in [0.15, 0.2) is 53.6 Å². The Balaban J connectivity index is 2.38. The predicted molar refractivity (Wildman–Crippen MR) is 83.7 cm³/mol. The van der Waals surface area contributed by atoms with Crippen LogP contribution >= 0.6 is 0 Å². The summed E-state index contributed by atoms with van der Waals surface area (Å²) in [6, 6.07) is 6.13. The fourth-order valence-corrected chi connectivity index (χ4v) is 1.84. The van der Waals surface area contributed by atoms with Crippen molar-refractivity contribution in [3.63, 3.8) is 0 Å². The fourth-order valence-electron chi connectivity index (χ4n) is 1.84. The molecule has 132 valence electrons. The van der Waals surface area contributed by atoms with Crippen LogP contribution in [0.1, 0.15) is 10.5 Å². The normalized spacial score (nSPS) is 11.6. The summed E-state index contributed by atoms with van der Waals surface area (Å²) in [5, 5.41) is 3.91. The molecule has 6 nitrogen and oxygen atoms in total. The zero-order valence-corrected chi connectivity index (χ0v) is 13.3. The molecule has 0 saturated carbocycles. The van der Waals surface area contributed by atoms with E-state index >= 15 is 0 Å². The Morgan fingerprint density at radius 2 is 2.00 bits per heavy atom. The standard InChI is InChI=1S/C16H14F3N3O3/c1-21(2)8-6-13(23)15-14(24)7-9-22(20-15)11-4-3-5-12(10-11)25-16(17,18)19/h3-10H,1-2H3/b8-6+. The molecule has 1 heterocycles. The van der Waals surface area contributed by atoms with Crippen molar-refractivity contribution in [2.24, 2.45) is 0 Å². The molecule has 0 saturated heterocycles. The monoisotopic (exact) mass is 353 g/mol. The molecular formula is C16H14F3N3O3. The van der Waals surface area contributed by atoms with Crippen molar-refractivity contribution in [2.45, 2.75) is 6.36 Å². The van der Waals surface area contributed by atoms with Gasteiger partial charge in [0, 0.05) is 44.7 Å². The van der Waals surface area contributed by atoms with Crippen molar-refractivity contribution < 1.29 is 22.7 Å². The highest BCUT2D eigenvalue weighted by Crippen LogP contribution is 2.24. The van der Waals surface area contributed by atoms with Gasteiger partial charge in [-0.25, -0.2) is 4.68 Å². The molecule has 0 atom stereocenters. The van der Waals surface area contributed by atoms with Crippen molar-refractivity contribution in [1.82, 2.24) is 14.7 Å². The maximum Gasteiger partial charge on any atom is 0.573 e. The van der Waals surface area contributed by atoms with E-state index in [2.05, 4.69) is 9.84 Å². The Hall–Kier alpha value is -3.10. The van der Waals surface area contributed by atoms with E-state index in [1.54, 1.807) is 19.0 Å². The lowest BCUT2D eigenvalue weighted by molar-refractivity contribution is -0.274. The predicted octanol–water partition coefficient (Wildman–Crippen LogP) is 2.39. The minimum Gasteiger partial charge on any atom is -0.406 e. The van der Waals surface area contributed by atoms with Gasteiger partial charge in [0.15, 0.2) is 5.69 Å². The first-order valence-electron chi connectivity index (χ1n) is 7.01. The number of alkyl halides is 3. The molecule has 0 spiro atoms. The van der Waals surface area contributed by atoms with Crippen LogP contribution in [0, 0.1) is 0 Å². The van der Waals surface area contributed by atoms with Gasteiger partial charge in [-0.1, -0.05) is 6.07 Å². The zero-order chi connectivity index (χ0) is 18.6. The van der Waals surface area contributed by atoms with E-state index in [1.807, 2.05) is 0 Å². The van der Waals surface area contributed by atoms with E-state index in [1.165, 1.54) is 30.6 Å². The van der Waals surface area contributed by atoms with E-state index in [9.17, 15) is 22.8 Å². The smallest absolute Gasteiger partial charge is 0.406 e. The number of allylic oxidation sites excluding steroid dienone is 1. The molecular weight excluding hydrogens is 339 g/mol. The maximum absolute atomic E-state index is 12.3. The van der Waals surface area contributed by atoms with Gasteiger partial charge in [-0.3, -0.25) is 9.59 Å². The summed E-state index contributed by atoms with van der Waals surface area (Å²) in [5.74, 6) is -1.05. The van der Waals surface area contributed by atoms with Crippen LogP contribution in [-0.4, -0.2) is 40.9 Å². The Morgan fingerprint density at radius 3 is 2.64 bits per heavy atom. The van der Waals surface area contributed by atoms with Crippen molar-refractivity contribution >= 4 is 5.78 Å². The van der Waals surface area contributed by atoms with E-state index in [-0.39, 0.29) is 11.4 Å². The topological polar surface area (TPSA) is 64.4 Å². The van der Waals surface area contributed by atoms with Crippen molar-refractivity contribution in [3.8, 4) is 11.4 Å². The van der Waals surface area contributed by atoms with Crippen LogP contribution < -0.4 is 10.2 Å². The summed E-state index contributed by atoms with van der Waals surface area (Å²) in [5.41, 5.74) is -0.734. The maximum atomic E-state index is 12.3. The second kappa shape index (κ2) is 7.20. The molecule has 1 aromatic heterocycles. The number of carbonyl (C=O) groups excluding carboxylic acids is 1. The van der Waals surface area contributed by atoms with Crippen molar-refractivity contribution in [1.29, 1.82) is 0 Å². The molecule has 0 aliphatic carbocycles. The van der Waals surface area contributed by atoms with Gasteiger partial charge in [0.05, 0.1) is 5.69 Å². The van der Waals surface area contributed by atoms with Crippen LogP contribution in [0.25, 0.3) is 5.69 Å². The van der Waals surface area contributed by atoms with Gasteiger partial charge >= 0.3 is 6.36 Å². The van der Waals surface area contributed by atoms with E-state index in [4.69, 9.17) is 0 Å². The number of nitrogens with zero attached hydrogens (tertiary/aromatic N) is 3. The average molecular weight is 353 g/mol. The molecule has 0 amide bonds. The van der Waals surface area contributed by atoms with Gasteiger partial charge in [0.25, 0.3) is 0 Å². The van der Waals surface area contributed by atoms with Gasteiger partial charge in [-0.05, 0) is 12.1 Å². The van der Waals surface area contributed by atoms with Crippen LogP contribution in [0.2, 0.25) is 0 Å². The molecule has 0 aliphatic heterocycles. The fraction of sp³-hybridized carbons (Fsp3) is 0.188. The molecule has 0 N–H and O–H groups in total. The van der Waals surface area contributed by atoms with Crippen LogP contribution in [0.5, 0.6) is 5.75 Å². The van der Waals surface area contributed by atoms with Gasteiger partial charge in [-0.2, -0.15) is 5.10 Å². The summed E-state index contributed by atoms with van der Waals surface area (Å²) >= 11 is 0. The van der Waals surface area contributed by atoms with Gasteiger partial charge in [-0.15, -0.1) is 13.2 Å². The second-order valence-electron chi connectivity index (χ2n) is 5.16. The van der Waals surface area contributed by atoms with Crippen LogP contribution in [0.3, 0.4) is 0 Å². The first kappa shape index (κ1) is 18.2. The highest BCUT2D eigenvalue weighted by Gasteiger charge is 2.31. The number of ether oxygens (including phenoxy) is 1. The molecule has 0 bridgehead atoms. The lowest BCUT2D eigenvalue weighted by atomic mass is 10.2. The third-order valence-corrected chi connectivity index (χ3v) is 2.88. The van der Waals surface area contributed by atoms with E-state index in [0.29, 0.717) is 0 Å². The number of hydrogen-bond donors (Lipinski definition) is 0. The minimum atomic E-state index is -4.83. The van der Waals surface area contributed by atoms with E-state index in [0.717, 1.165) is 22.9 Å². The molecule has 0 radical (unpaired) electrons. The quantitative estimate of drug-likeness (QED) is 0.610. The lowest BCUT2D eigenvalue weighted by Crippen LogP contribution is -2.20. The average Bonchev–Trinajstić information content (AvgIpc) is 2.51. The third-order valence-electron chi connectivity index (χ3n) is 2.88. The number of carbonyl (C=O) groups is 1. The molecule has 9 heteroatoms. The Morgan fingerprint density at radius 1 is 1.28 bits per heavy atom. The van der Waals surface area contributed by atoms with Crippen LogP contribution in [0.4, 0.5) is 13.2 Å². The van der Waals surface area contributed by atoms with Gasteiger partial charge in [0.1, 0.15) is 5.75 Å².